The molecule has 3 aromatic rings. The van der Waals surface area contributed by atoms with E-state index in [-0.39, 0.29) is 12.5 Å². The second-order valence-corrected chi connectivity index (χ2v) is 6.34. The molecule has 0 saturated heterocycles. The second kappa shape index (κ2) is 5.76. The van der Waals surface area contributed by atoms with Gasteiger partial charge in [-0.3, -0.25) is 9.89 Å². The van der Waals surface area contributed by atoms with Gasteiger partial charge in [0.25, 0.3) is 5.91 Å². The third kappa shape index (κ3) is 2.47. The molecule has 4 rings (SSSR count). The number of fused-ring (bicyclic) bond motifs is 2. The van der Waals surface area contributed by atoms with Crippen LogP contribution in [0.5, 0.6) is 0 Å². The van der Waals surface area contributed by atoms with Gasteiger partial charge in [-0.05, 0) is 36.5 Å². The van der Waals surface area contributed by atoms with Gasteiger partial charge in [0.15, 0.2) is 5.69 Å². The third-order valence-corrected chi connectivity index (χ3v) is 4.78. The van der Waals surface area contributed by atoms with Crippen molar-refractivity contribution in [3.05, 3.63) is 65.4 Å². The zero-order chi connectivity index (χ0) is 16.6. The van der Waals surface area contributed by atoms with Crippen LogP contribution in [0.15, 0.2) is 48.5 Å². The van der Waals surface area contributed by atoms with Crippen LogP contribution in [0.2, 0.25) is 0 Å². The topological polar surface area (TPSA) is 78.0 Å². The second-order valence-electron chi connectivity index (χ2n) is 6.34. The molecule has 3 N–H and O–H groups in total. The van der Waals surface area contributed by atoms with Crippen molar-refractivity contribution in [2.75, 3.05) is 6.54 Å². The van der Waals surface area contributed by atoms with E-state index >= 15 is 0 Å². The van der Waals surface area contributed by atoms with Gasteiger partial charge in [-0.15, -0.1) is 0 Å². The molecule has 2 aromatic carbocycles. The van der Waals surface area contributed by atoms with Crippen molar-refractivity contribution in [3.63, 3.8) is 0 Å². The van der Waals surface area contributed by atoms with E-state index in [0.29, 0.717) is 12.1 Å². The minimum Gasteiger partial charge on any atom is -0.383 e. The summed E-state index contributed by atoms with van der Waals surface area (Å²) in [7, 11) is 0. The Morgan fingerprint density at radius 1 is 1.21 bits per heavy atom. The molecular formula is C19H19N3O2. The van der Waals surface area contributed by atoms with Gasteiger partial charge in [0, 0.05) is 5.39 Å². The first-order chi connectivity index (χ1) is 11.7. The van der Waals surface area contributed by atoms with Gasteiger partial charge >= 0.3 is 0 Å². The van der Waals surface area contributed by atoms with Crippen molar-refractivity contribution in [2.24, 2.45) is 0 Å². The van der Waals surface area contributed by atoms with Crippen molar-refractivity contribution in [2.45, 2.75) is 24.9 Å². The average Bonchev–Trinajstić information content (AvgIpc) is 3.04. The molecule has 122 valence electrons. The van der Waals surface area contributed by atoms with E-state index in [1.54, 1.807) is 0 Å². The summed E-state index contributed by atoms with van der Waals surface area (Å²) in [6, 6.07) is 15.4. The lowest BCUT2D eigenvalue weighted by Crippen LogP contribution is -2.43. The fourth-order valence-electron chi connectivity index (χ4n) is 3.53. The fourth-order valence-corrected chi connectivity index (χ4v) is 3.53. The van der Waals surface area contributed by atoms with E-state index in [1.165, 1.54) is 0 Å². The molecular weight excluding hydrogens is 302 g/mol. The number of aromatic amines is 1. The predicted octanol–water partition coefficient (Wildman–Crippen LogP) is 2.52. The molecule has 1 unspecified atom stereocenters. The summed E-state index contributed by atoms with van der Waals surface area (Å²) in [4.78, 5) is 12.5. The van der Waals surface area contributed by atoms with Crippen LogP contribution in [0.3, 0.4) is 0 Å². The van der Waals surface area contributed by atoms with Crippen molar-refractivity contribution in [3.8, 4) is 0 Å². The van der Waals surface area contributed by atoms with Gasteiger partial charge in [0.1, 0.15) is 5.60 Å². The molecule has 0 spiro atoms. The maximum atomic E-state index is 12.5. The summed E-state index contributed by atoms with van der Waals surface area (Å²) in [5.74, 6) is -0.274. The van der Waals surface area contributed by atoms with Crippen LogP contribution >= 0.6 is 0 Å². The highest BCUT2D eigenvalue weighted by Crippen LogP contribution is 2.34. The molecule has 24 heavy (non-hydrogen) atoms. The molecule has 0 aliphatic heterocycles. The van der Waals surface area contributed by atoms with Crippen LogP contribution in [0.25, 0.3) is 10.9 Å². The Kier molecular flexibility index (Phi) is 3.58. The first-order valence-electron chi connectivity index (χ1n) is 8.19. The molecule has 0 bridgehead atoms. The van der Waals surface area contributed by atoms with E-state index in [9.17, 15) is 9.90 Å². The number of carbonyl (C=O) groups is 1. The summed E-state index contributed by atoms with van der Waals surface area (Å²) in [6.45, 7) is 0.185. The smallest absolute Gasteiger partial charge is 0.272 e. The zero-order valence-electron chi connectivity index (χ0n) is 13.2. The molecule has 1 aliphatic carbocycles. The predicted molar refractivity (Wildman–Crippen MR) is 91.7 cm³/mol. The van der Waals surface area contributed by atoms with Gasteiger partial charge in [-0.2, -0.15) is 5.10 Å². The number of aromatic nitrogens is 2. The van der Waals surface area contributed by atoms with E-state index in [0.717, 1.165) is 34.9 Å². The monoisotopic (exact) mass is 321 g/mol. The number of amides is 1. The zero-order valence-corrected chi connectivity index (χ0v) is 13.2. The van der Waals surface area contributed by atoms with Gasteiger partial charge in [0.05, 0.1) is 12.1 Å². The fraction of sp³-hybridized carbons (Fsp3) is 0.263. The maximum Gasteiger partial charge on any atom is 0.272 e. The highest BCUT2D eigenvalue weighted by molar-refractivity contribution is 6.04. The van der Waals surface area contributed by atoms with Crippen LogP contribution in [0.4, 0.5) is 0 Å². The molecule has 1 aliphatic rings. The number of hydrogen-bond acceptors (Lipinski definition) is 3. The number of carbonyl (C=O) groups excluding carboxylic acids is 1. The highest BCUT2D eigenvalue weighted by atomic mass is 16.3. The molecule has 0 radical (unpaired) electrons. The molecule has 1 amide bonds. The van der Waals surface area contributed by atoms with Gasteiger partial charge in [0.2, 0.25) is 0 Å². The Morgan fingerprint density at radius 2 is 2.00 bits per heavy atom. The van der Waals surface area contributed by atoms with Crippen LogP contribution < -0.4 is 5.32 Å². The van der Waals surface area contributed by atoms with E-state index in [1.807, 2.05) is 48.5 Å². The lowest BCUT2D eigenvalue weighted by molar-refractivity contribution is 0.0189. The Balaban J connectivity index is 1.56. The molecule has 1 atom stereocenters. The van der Waals surface area contributed by atoms with Crippen molar-refractivity contribution in [1.82, 2.24) is 15.5 Å². The molecule has 0 fully saturated rings. The van der Waals surface area contributed by atoms with Crippen LogP contribution in [-0.4, -0.2) is 27.8 Å². The maximum absolute atomic E-state index is 12.5. The molecule has 0 saturated carbocycles. The highest BCUT2D eigenvalue weighted by Gasteiger charge is 2.34. The Hall–Kier alpha value is -2.66. The quantitative estimate of drug-likeness (QED) is 0.693. The number of H-pyrrole nitrogens is 1. The van der Waals surface area contributed by atoms with Gasteiger partial charge in [-0.1, -0.05) is 42.5 Å². The number of rotatable bonds is 3. The number of nitrogens with one attached hydrogen (secondary N) is 2. The molecule has 5 heteroatoms. The summed E-state index contributed by atoms with van der Waals surface area (Å²) in [5, 5.41) is 21.6. The third-order valence-electron chi connectivity index (χ3n) is 4.78. The SMILES string of the molecule is O=C(NCC1(O)CCCc2ccccc21)c1n[nH]c2ccccc12. The standard InChI is InChI=1S/C19H19N3O2/c23-18(17-14-8-2-4-10-16(14)21-22-17)20-12-19(24)11-5-7-13-6-1-3-9-15(13)19/h1-4,6,8-10,24H,5,7,11-12H2,(H,20,23)(H,21,22). The molecule has 1 aromatic heterocycles. The Morgan fingerprint density at radius 3 is 2.92 bits per heavy atom. The molecule has 5 nitrogen and oxygen atoms in total. The largest absolute Gasteiger partial charge is 0.383 e. The summed E-state index contributed by atoms with van der Waals surface area (Å²) in [5.41, 5.74) is 2.24. The minimum atomic E-state index is -1.02. The number of para-hydroxylation sites is 1. The van der Waals surface area contributed by atoms with Crippen LogP contribution in [-0.2, 0) is 12.0 Å². The normalized spacial score (nSPS) is 19.9. The van der Waals surface area contributed by atoms with Gasteiger partial charge < -0.3 is 10.4 Å². The minimum absolute atomic E-state index is 0.185. The first-order valence-corrected chi connectivity index (χ1v) is 8.19. The van der Waals surface area contributed by atoms with Gasteiger partial charge in [-0.25, -0.2) is 0 Å². The molecule has 1 heterocycles. The van der Waals surface area contributed by atoms with E-state index in [2.05, 4.69) is 15.5 Å². The summed E-state index contributed by atoms with van der Waals surface area (Å²) < 4.78 is 0. The number of aliphatic hydroxyl groups is 1. The van der Waals surface area contributed by atoms with Crippen molar-refractivity contribution < 1.29 is 9.90 Å². The lowest BCUT2D eigenvalue weighted by Gasteiger charge is -2.34. The van der Waals surface area contributed by atoms with Crippen molar-refractivity contribution >= 4 is 16.8 Å². The Bertz CT molecular complexity index is 902. The Labute approximate surface area is 139 Å². The first kappa shape index (κ1) is 14.9. The van der Waals surface area contributed by atoms with E-state index < -0.39 is 5.60 Å². The number of nitrogens with zero attached hydrogens (tertiary/aromatic N) is 1. The van der Waals surface area contributed by atoms with Crippen molar-refractivity contribution in [1.29, 1.82) is 0 Å². The summed E-state index contributed by atoms with van der Waals surface area (Å²) >= 11 is 0. The number of hydrogen-bond donors (Lipinski definition) is 3. The number of benzene rings is 2. The number of aryl methyl sites for hydroxylation is 1. The van der Waals surface area contributed by atoms with Crippen LogP contribution in [0.1, 0.15) is 34.5 Å². The van der Waals surface area contributed by atoms with Crippen LogP contribution in [0, 0.1) is 0 Å². The summed E-state index contributed by atoms with van der Waals surface area (Å²) in [6.07, 6.45) is 2.52. The van der Waals surface area contributed by atoms with E-state index in [4.69, 9.17) is 0 Å². The average molecular weight is 321 g/mol. The lowest BCUT2D eigenvalue weighted by atomic mass is 9.79.